The van der Waals surface area contributed by atoms with Gasteiger partial charge in [-0.3, -0.25) is 9.59 Å². The molecule has 0 atom stereocenters. The van der Waals surface area contributed by atoms with E-state index in [2.05, 4.69) is 5.32 Å². The molecule has 0 unspecified atom stereocenters. The maximum absolute atomic E-state index is 12.0. The van der Waals surface area contributed by atoms with Gasteiger partial charge in [-0.05, 0) is 37.2 Å². The number of carbonyl (C=O) groups is 2. The molecule has 0 aromatic rings. The molecular formula is C13H21NO3S. The van der Waals surface area contributed by atoms with Crippen molar-refractivity contribution in [1.82, 2.24) is 5.32 Å². The number of carboxylic acid groups (broad SMARTS) is 1. The van der Waals surface area contributed by atoms with E-state index in [1.807, 2.05) is 11.8 Å². The van der Waals surface area contributed by atoms with Gasteiger partial charge in [-0.1, -0.05) is 12.8 Å². The lowest BCUT2D eigenvalue weighted by molar-refractivity contribution is -0.151. The Balaban J connectivity index is 1.87. The molecule has 0 spiro atoms. The predicted octanol–water partition coefficient (Wildman–Crippen LogP) is 2.03. The first kappa shape index (κ1) is 13.7. The molecule has 5 heteroatoms. The van der Waals surface area contributed by atoms with Gasteiger partial charge in [0.2, 0.25) is 5.91 Å². The molecule has 2 N–H and O–H groups in total. The zero-order valence-corrected chi connectivity index (χ0v) is 11.4. The number of aliphatic carboxylic acids is 1. The van der Waals surface area contributed by atoms with Crippen LogP contribution in [0, 0.1) is 5.41 Å². The lowest BCUT2D eigenvalue weighted by Crippen LogP contribution is -2.41. The number of hydrogen-bond acceptors (Lipinski definition) is 3. The van der Waals surface area contributed by atoms with E-state index >= 15 is 0 Å². The summed E-state index contributed by atoms with van der Waals surface area (Å²) >= 11 is 1.92. The third-order valence-electron chi connectivity index (χ3n) is 4.10. The van der Waals surface area contributed by atoms with Crippen LogP contribution < -0.4 is 5.32 Å². The van der Waals surface area contributed by atoms with Crippen LogP contribution in [0.25, 0.3) is 0 Å². The molecule has 0 radical (unpaired) electrons. The third-order valence-corrected chi connectivity index (χ3v) is 5.15. The van der Waals surface area contributed by atoms with E-state index in [4.69, 9.17) is 0 Å². The van der Waals surface area contributed by atoms with Crippen LogP contribution in [0.2, 0.25) is 0 Å². The van der Waals surface area contributed by atoms with Crippen LogP contribution in [-0.2, 0) is 9.59 Å². The van der Waals surface area contributed by atoms with Crippen molar-refractivity contribution < 1.29 is 14.7 Å². The van der Waals surface area contributed by atoms with Crippen LogP contribution in [-0.4, -0.2) is 34.5 Å². The smallest absolute Gasteiger partial charge is 0.310 e. The fraction of sp³-hybridized carbons (Fsp3) is 0.846. The maximum atomic E-state index is 12.0. The van der Waals surface area contributed by atoms with E-state index in [-0.39, 0.29) is 18.4 Å². The molecule has 1 saturated carbocycles. The Morgan fingerprint density at radius 1 is 1.22 bits per heavy atom. The molecule has 2 rings (SSSR count). The quantitative estimate of drug-likeness (QED) is 0.821. The first-order chi connectivity index (χ1) is 8.62. The van der Waals surface area contributed by atoms with Gasteiger partial charge in [0.05, 0.1) is 5.41 Å². The van der Waals surface area contributed by atoms with Crippen molar-refractivity contribution in [3.63, 3.8) is 0 Å². The van der Waals surface area contributed by atoms with Gasteiger partial charge in [-0.25, -0.2) is 0 Å². The van der Waals surface area contributed by atoms with Crippen LogP contribution in [0.1, 0.15) is 44.9 Å². The van der Waals surface area contributed by atoms with Crippen molar-refractivity contribution in [2.24, 2.45) is 5.41 Å². The molecule has 1 heterocycles. The van der Waals surface area contributed by atoms with Crippen LogP contribution in [0.15, 0.2) is 0 Å². The summed E-state index contributed by atoms with van der Waals surface area (Å²) in [6, 6.07) is 0.256. The van der Waals surface area contributed by atoms with Crippen molar-refractivity contribution in [2.45, 2.75) is 51.0 Å². The Bertz CT molecular complexity index is 320. The van der Waals surface area contributed by atoms with Gasteiger partial charge >= 0.3 is 5.97 Å². The number of amides is 1. The topological polar surface area (TPSA) is 66.4 Å². The first-order valence-corrected chi connectivity index (χ1v) is 7.88. The summed E-state index contributed by atoms with van der Waals surface area (Å²) < 4.78 is 0. The highest BCUT2D eigenvalue weighted by atomic mass is 32.2. The summed E-state index contributed by atoms with van der Waals surface area (Å²) in [6.07, 6.45) is 5.34. The highest BCUT2D eigenvalue weighted by molar-refractivity contribution is 7.99. The van der Waals surface area contributed by atoms with Gasteiger partial charge in [0.15, 0.2) is 0 Å². The average Bonchev–Trinajstić information content (AvgIpc) is 2.80. The molecule has 0 bridgehead atoms. The Kier molecular flexibility index (Phi) is 4.54. The molecule has 0 aromatic carbocycles. The summed E-state index contributed by atoms with van der Waals surface area (Å²) in [7, 11) is 0. The van der Waals surface area contributed by atoms with E-state index in [9.17, 15) is 14.7 Å². The summed E-state index contributed by atoms with van der Waals surface area (Å²) in [5, 5.41) is 12.3. The number of thioether (sulfide) groups is 1. The lowest BCUT2D eigenvalue weighted by Gasteiger charge is -2.26. The fourth-order valence-corrected chi connectivity index (χ4v) is 4.05. The maximum Gasteiger partial charge on any atom is 0.310 e. The Labute approximate surface area is 112 Å². The molecule has 1 aliphatic heterocycles. The second kappa shape index (κ2) is 5.95. The highest BCUT2D eigenvalue weighted by Crippen LogP contribution is 2.41. The minimum absolute atomic E-state index is 0.0730. The Hall–Kier alpha value is -0.710. The monoisotopic (exact) mass is 271 g/mol. The minimum Gasteiger partial charge on any atom is -0.481 e. The normalized spacial score (nSPS) is 23.8. The second-order valence-electron chi connectivity index (χ2n) is 5.42. The lowest BCUT2D eigenvalue weighted by atomic mass is 9.82. The summed E-state index contributed by atoms with van der Waals surface area (Å²) in [4.78, 5) is 23.4. The number of carboxylic acids is 1. The van der Waals surface area contributed by atoms with Crippen LogP contribution >= 0.6 is 11.8 Å². The zero-order valence-electron chi connectivity index (χ0n) is 10.6. The van der Waals surface area contributed by atoms with Gasteiger partial charge in [0.1, 0.15) is 0 Å². The van der Waals surface area contributed by atoms with E-state index in [0.717, 1.165) is 37.2 Å². The first-order valence-electron chi connectivity index (χ1n) is 6.73. The summed E-state index contributed by atoms with van der Waals surface area (Å²) in [5.74, 6) is 1.31. The van der Waals surface area contributed by atoms with Gasteiger partial charge in [0.25, 0.3) is 0 Å². The standard InChI is InChI=1S/C13H21NO3S/c15-11(14-10-3-7-18-8-4-10)9-13(12(16)17)5-1-2-6-13/h10H,1-9H2,(H,14,15)(H,16,17). The van der Waals surface area contributed by atoms with Crippen molar-refractivity contribution >= 4 is 23.6 Å². The fourth-order valence-electron chi connectivity index (χ4n) is 2.95. The third kappa shape index (κ3) is 3.19. The molecule has 18 heavy (non-hydrogen) atoms. The van der Waals surface area contributed by atoms with E-state index in [1.54, 1.807) is 0 Å². The second-order valence-corrected chi connectivity index (χ2v) is 6.65. The van der Waals surface area contributed by atoms with Crippen molar-refractivity contribution in [3.05, 3.63) is 0 Å². The Morgan fingerprint density at radius 3 is 2.39 bits per heavy atom. The molecule has 1 amide bonds. The van der Waals surface area contributed by atoms with Crippen LogP contribution in [0.4, 0.5) is 0 Å². The van der Waals surface area contributed by atoms with Gasteiger partial charge in [-0.15, -0.1) is 0 Å². The number of carbonyl (C=O) groups excluding carboxylic acids is 1. The average molecular weight is 271 g/mol. The van der Waals surface area contributed by atoms with Gasteiger partial charge in [0, 0.05) is 12.5 Å². The van der Waals surface area contributed by atoms with Gasteiger partial charge < -0.3 is 10.4 Å². The van der Waals surface area contributed by atoms with Crippen molar-refractivity contribution in [2.75, 3.05) is 11.5 Å². The van der Waals surface area contributed by atoms with E-state index in [1.165, 1.54) is 0 Å². The Morgan fingerprint density at radius 2 is 1.83 bits per heavy atom. The number of nitrogens with one attached hydrogen (secondary N) is 1. The highest BCUT2D eigenvalue weighted by Gasteiger charge is 2.43. The molecule has 1 aliphatic carbocycles. The largest absolute Gasteiger partial charge is 0.481 e. The molecule has 2 fully saturated rings. The molecule has 0 aromatic heterocycles. The van der Waals surface area contributed by atoms with E-state index < -0.39 is 11.4 Å². The van der Waals surface area contributed by atoms with Crippen LogP contribution in [0.5, 0.6) is 0 Å². The van der Waals surface area contributed by atoms with Crippen molar-refractivity contribution in [1.29, 1.82) is 0 Å². The number of hydrogen-bond donors (Lipinski definition) is 2. The molecule has 4 nitrogen and oxygen atoms in total. The summed E-state index contributed by atoms with van der Waals surface area (Å²) in [6.45, 7) is 0. The van der Waals surface area contributed by atoms with E-state index in [0.29, 0.717) is 12.8 Å². The molecule has 1 saturated heterocycles. The van der Waals surface area contributed by atoms with Crippen LogP contribution in [0.3, 0.4) is 0 Å². The SMILES string of the molecule is O=C(CC1(C(=O)O)CCCC1)NC1CCSCC1. The number of rotatable bonds is 4. The molecule has 2 aliphatic rings. The van der Waals surface area contributed by atoms with Gasteiger partial charge in [-0.2, -0.15) is 11.8 Å². The molecular weight excluding hydrogens is 250 g/mol. The molecule has 102 valence electrons. The predicted molar refractivity (Wildman–Crippen MR) is 71.6 cm³/mol. The zero-order chi connectivity index (χ0) is 13.0. The minimum atomic E-state index is -0.797. The van der Waals surface area contributed by atoms with Crippen molar-refractivity contribution in [3.8, 4) is 0 Å². The summed E-state index contributed by atoms with van der Waals surface area (Å²) in [5.41, 5.74) is -0.784.